The normalized spacial score (nSPS) is 12.3. The predicted molar refractivity (Wildman–Crippen MR) is 92.5 cm³/mol. The highest BCUT2D eigenvalue weighted by atomic mass is 19.4. The first-order valence-corrected chi connectivity index (χ1v) is 8.11. The largest absolute Gasteiger partial charge is 0.416 e. The van der Waals surface area contributed by atoms with Gasteiger partial charge in [0.2, 0.25) is 0 Å². The number of carbonyl (C=O) groups excluding carboxylic acids is 1. The van der Waals surface area contributed by atoms with Gasteiger partial charge in [0, 0.05) is 5.56 Å². The van der Waals surface area contributed by atoms with Crippen LogP contribution in [-0.2, 0) is 11.7 Å². The average Bonchev–Trinajstić information content (AvgIpc) is 2.54. The number of halogens is 3. The van der Waals surface area contributed by atoms with Crippen LogP contribution in [0.3, 0.4) is 0 Å². The van der Waals surface area contributed by atoms with Crippen molar-refractivity contribution in [3.63, 3.8) is 0 Å². The van der Waals surface area contributed by atoms with Crippen molar-refractivity contribution in [2.24, 2.45) is 0 Å². The van der Waals surface area contributed by atoms with Crippen LogP contribution < -0.4 is 5.32 Å². The van der Waals surface area contributed by atoms with E-state index in [0.717, 1.165) is 17.7 Å². The molecular formula is C20H22F3NO. The molecule has 2 rings (SSSR count). The van der Waals surface area contributed by atoms with Gasteiger partial charge in [-0.05, 0) is 55.2 Å². The van der Waals surface area contributed by atoms with Crippen molar-refractivity contribution in [1.82, 2.24) is 5.32 Å². The Bertz CT molecular complexity index is 729. The van der Waals surface area contributed by atoms with E-state index in [1.54, 1.807) is 26.0 Å². The summed E-state index contributed by atoms with van der Waals surface area (Å²) in [6, 6.07) is 12.2. The molecular weight excluding hydrogens is 327 g/mol. The van der Waals surface area contributed by atoms with Crippen LogP contribution in [-0.4, -0.2) is 5.91 Å². The van der Waals surface area contributed by atoms with E-state index in [9.17, 15) is 18.0 Å². The van der Waals surface area contributed by atoms with Crippen molar-refractivity contribution < 1.29 is 18.0 Å². The van der Waals surface area contributed by atoms with Crippen LogP contribution in [0, 0.1) is 0 Å². The van der Waals surface area contributed by atoms with E-state index >= 15 is 0 Å². The van der Waals surface area contributed by atoms with Crippen molar-refractivity contribution in [3.05, 3.63) is 70.8 Å². The molecule has 1 amide bonds. The monoisotopic (exact) mass is 349 g/mol. The Hall–Kier alpha value is -2.30. The van der Waals surface area contributed by atoms with Gasteiger partial charge in [-0.1, -0.05) is 38.1 Å². The fraction of sp³-hybridized carbons (Fsp3) is 0.350. The van der Waals surface area contributed by atoms with Gasteiger partial charge in [-0.25, -0.2) is 0 Å². The Morgan fingerprint density at radius 1 is 0.880 bits per heavy atom. The van der Waals surface area contributed by atoms with Crippen LogP contribution in [0.5, 0.6) is 0 Å². The fourth-order valence-corrected chi connectivity index (χ4v) is 2.52. The number of alkyl halides is 3. The Morgan fingerprint density at radius 2 is 1.36 bits per heavy atom. The molecule has 0 atom stereocenters. The van der Waals surface area contributed by atoms with E-state index in [2.05, 4.69) is 19.2 Å². The number of amides is 1. The van der Waals surface area contributed by atoms with Gasteiger partial charge in [-0.2, -0.15) is 13.2 Å². The van der Waals surface area contributed by atoms with Crippen molar-refractivity contribution in [2.75, 3.05) is 0 Å². The minimum absolute atomic E-state index is 0.264. The summed E-state index contributed by atoms with van der Waals surface area (Å²) in [6.45, 7) is 7.66. The Morgan fingerprint density at radius 3 is 1.80 bits per heavy atom. The van der Waals surface area contributed by atoms with E-state index < -0.39 is 17.3 Å². The molecule has 0 fully saturated rings. The number of carbonyl (C=O) groups is 1. The first kappa shape index (κ1) is 19.0. The molecule has 0 aliphatic heterocycles. The fourth-order valence-electron chi connectivity index (χ4n) is 2.52. The SMILES string of the molecule is CC(C)c1ccc(C(=O)NC(C)(C)c2ccc(C(F)(F)F)cc2)cc1. The smallest absolute Gasteiger partial charge is 0.343 e. The van der Waals surface area contributed by atoms with Gasteiger partial charge in [-0.3, -0.25) is 4.79 Å². The van der Waals surface area contributed by atoms with Gasteiger partial charge in [0.05, 0.1) is 11.1 Å². The molecule has 0 aromatic heterocycles. The number of benzene rings is 2. The Kier molecular flexibility index (Phi) is 5.26. The highest BCUT2D eigenvalue weighted by Gasteiger charge is 2.31. The lowest BCUT2D eigenvalue weighted by Gasteiger charge is -2.27. The Balaban J connectivity index is 2.15. The minimum Gasteiger partial charge on any atom is -0.343 e. The van der Waals surface area contributed by atoms with Crippen LogP contribution in [0.25, 0.3) is 0 Å². The summed E-state index contributed by atoms with van der Waals surface area (Å²) in [7, 11) is 0. The zero-order valence-electron chi connectivity index (χ0n) is 14.7. The van der Waals surface area contributed by atoms with Crippen LogP contribution in [0.4, 0.5) is 13.2 Å². The zero-order valence-corrected chi connectivity index (χ0v) is 14.7. The highest BCUT2D eigenvalue weighted by Crippen LogP contribution is 2.31. The first-order valence-electron chi connectivity index (χ1n) is 8.11. The lowest BCUT2D eigenvalue weighted by molar-refractivity contribution is -0.137. The number of hydrogen-bond donors (Lipinski definition) is 1. The first-order chi connectivity index (χ1) is 11.5. The third kappa shape index (κ3) is 4.62. The maximum atomic E-state index is 12.7. The molecule has 2 aromatic rings. The molecule has 0 aliphatic carbocycles. The van der Waals surface area contributed by atoms with Crippen molar-refractivity contribution in [2.45, 2.75) is 45.3 Å². The predicted octanol–water partition coefficient (Wildman–Crippen LogP) is 5.49. The molecule has 5 heteroatoms. The second kappa shape index (κ2) is 6.90. The number of rotatable bonds is 4. The summed E-state index contributed by atoms with van der Waals surface area (Å²) in [5.41, 5.74) is 0.760. The number of nitrogens with one attached hydrogen (secondary N) is 1. The van der Waals surface area contributed by atoms with E-state index in [-0.39, 0.29) is 5.91 Å². The zero-order chi connectivity index (χ0) is 18.8. The molecule has 0 spiro atoms. The summed E-state index contributed by atoms with van der Waals surface area (Å²) in [5, 5.41) is 2.88. The standard InChI is InChI=1S/C20H22F3NO/c1-13(2)14-5-7-15(8-6-14)18(25)24-19(3,4)16-9-11-17(12-10-16)20(21,22)23/h5-13H,1-4H3,(H,24,25). The van der Waals surface area contributed by atoms with Crippen LogP contribution >= 0.6 is 0 Å². The topological polar surface area (TPSA) is 29.1 Å². The van der Waals surface area contributed by atoms with Crippen LogP contribution in [0.15, 0.2) is 48.5 Å². The van der Waals surface area contributed by atoms with Gasteiger partial charge in [-0.15, -0.1) is 0 Å². The van der Waals surface area contributed by atoms with E-state index in [1.165, 1.54) is 12.1 Å². The van der Waals surface area contributed by atoms with Gasteiger partial charge in [0.1, 0.15) is 0 Å². The number of hydrogen-bond acceptors (Lipinski definition) is 1. The highest BCUT2D eigenvalue weighted by molar-refractivity contribution is 5.94. The second-order valence-electron chi connectivity index (χ2n) is 6.93. The van der Waals surface area contributed by atoms with Crippen molar-refractivity contribution in [3.8, 4) is 0 Å². The molecule has 1 N–H and O–H groups in total. The molecule has 25 heavy (non-hydrogen) atoms. The molecule has 0 bridgehead atoms. The third-order valence-electron chi connectivity index (χ3n) is 4.20. The summed E-state index contributed by atoms with van der Waals surface area (Å²) < 4.78 is 38.0. The van der Waals surface area contributed by atoms with Crippen LogP contribution in [0.2, 0.25) is 0 Å². The summed E-state index contributed by atoms with van der Waals surface area (Å²) in [6.07, 6.45) is -4.37. The molecule has 0 aliphatic rings. The summed E-state index contributed by atoms with van der Waals surface area (Å²) >= 11 is 0. The molecule has 134 valence electrons. The molecule has 0 unspecified atom stereocenters. The summed E-state index contributed by atoms with van der Waals surface area (Å²) in [5.74, 6) is 0.112. The quantitative estimate of drug-likeness (QED) is 0.776. The van der Waals surface area contributed by atoms with E-state index in [0.29, 0.717) is 17.0 Å². The lowest BCUT2D eigenvalue weighted by atomic mass is 9.92. The molecule has 0 saturated heterocycles. The van der Waals surface area contributed by atoms with Gasteiger partial charge >= 0.3 is 6.18 Å². The van der Waals surface area contributed by atoms with Gasteiger partial charge in [0.25, 0.3) is 5.91 Å². The van der Waals surface area contributed by atoms with Gasteiger partial charge < -0.3 is 5.32 Å². The minimum atomic E-state index is -4.37. The van der Waals surface area contributed by atoms with E-state index in [4.69, 9.17) is 0 Å². The Labute approximate surface area is 146 Å². The van der Waals surface area contributed by atoms with Crippen LogP contribution in [0.1, 0.15) is 60.7 Å². The second-order valence-corrected chi connectivity index (χ2v) is 6.93. The maximum Gasteiger partial charge on any atom is 0.416 e. The average molecular weight is 349 g/mol. The molecule has 2 nitrogen and oxygen atoms in total. The molecule has 2 aromatic carbocycles. The molecule has 0 saturated carbocycles. The van der Waals surface area contributed by atoms with Gasteiger partial charge in [0.15, 0.2) is 0 Å². The maximum absolute atomic E-state index is 12.7. The van der Waals surface area contributed by atoms with Crippen molar-refractivity contribution in [1.29, 1.82) is 0 Å². The van der Waals surface area contributed by atoms with E-state index in [1.807, 2.05) is 12.1 Å². The van der Waals surface area contributed by atoms with Crippen molar-refractivity contribution >= 4 is 5.91 Å². The summed E-state index contributed by atoms with van der Waals surface area (Å²) in [4.78, 5) is 12.4. The lowest BCUT2D eigenvalue weighted by Crippen LogP contribution is -2.41. The molecule has 0 radical (unpaired) electrons. The molecule has 0 heterocycles. The third-order valence-corrected chi connectivity index (χ3v) is 4.20.